The first-order valence-corrected chi connectivity index (χ1v) is 5.18. The quantitative estimate of drug-likeness (QED) is 0.461. The van der Waals surface area contributed by atoms with Gasteiger partial charge < -0.3 is 4.72 Å². The van der Waals surface area contributed by atoms with Crippen LogP contribution < -0.4 is 4.72 Å². The van der Waals surface area contributed by atoms with Gasteiger partial charge in [0.05, 0.1) is 0 Å². The lowest BCUT2D eigenvalue weighted by atomic mass is 10.4. The maximum atomic E-state index is 5.70. The van der Waals surface area contributed by atoms with Gasteiger partial charge in [0.1, 0.15) is 5.15 Å². The molecule has 1 rings (SSSR count). The summed E-state index contributed by atoms with van der Waals surface area (Å²) in [6.45, 7) is 2.15. The number of halogens is 1. The van der Waals surface area contributed by atoms with E-state index < -0.39 is 0 Å². The number of pyridine rings is 1. The largest absolute Gasteiger partial charge is 0.330 e. The van der Waals surface area contributed by atoms with Crippen molar-refractivity contribution < 1.29 is 0 Å². The summed E-state index contributed by atoms with van der Waals surface area (Å²) in [6, 6.07) is 3.71. The second kappa shape index (κ2) is 5.27. The Morgan fingerprint density at radius 2 is 2.50 bits per heavy atom. The van der Waals surface area contributed by atoms with E-state index in [4.69, 9.17) is 11.6 Å². The summed E-state index contributed by atoms with van der Waals surface area (Å²) in [5.74, 6) is 1.10. The minimum atomic E-state index is 0.525. The highest BCUT2D eigenvalue weighted by Crippen LogP contribution is 2.15. The molecule has 0 fully saturated rings. The Hall–Kier alpha value is -0.410. The van der Waals surface area contributed by atoms with Crippen LogP contribution in [0.1, 0.15) is 13.3 Å². The summed E-state index contributed by atoms with van der Waals surface area (Å²) in [7, 11) is 0. The Labute approximate surface area is 81.9 Å². The Kier molecular flexibility index (Phi) is 4.25. The molecular weight excluding hydrogens is 192 g/mol. The highest BCUT2D eigenvalue weighted by molar-refractivity contribution is 8.00. The van der Waals surface area contributed by atoms with Gasteiger partial charge in [-0.25, -0.2) is 4.98 Å². The Bertz CT molecular complexity index is 242. The maximum Gasteiger partial charge on any atom is 0.131 e. The van der Waals surface area contributed by atoms with Crippen LogP contribution in [0.25, 0.3) is 0 Å². The van der Waals surface area contributed by atoms with E-state index in [0.717, 1.165) is 17.9 Å². The van der Waals surface area contributed by atoms with Gasteiger partial charge in [-0.05, 0) is 18.6 Å². The molecule has 1 aromatic rings. The van der Waals surface area contributed by atoms with Gasteiger partial charge in [0.15, 0.2) is 0 Å². The maximum absolute atomic E-state index is 5.70. The molecule has 0 aromatic carbocycles. The summed E-state index contributed by atoms with van der Waals surface area (Å²) >= 11 is 7.38. The first kappa shape index (κ1) is 9.68. The predicted molar refractivity (Wildman–Crippen MR) is 55.6 cm³/mol. The summed E-state index contributed by atoms with van der Waals surface area (Å²) in [4.78, 5) is 3.88. The van der Waals surface area contributed by atoms with Crippen molar-refractivity contribution in [1.82, 2.24) is 4.98 Å². The van der Waals surface area contributed by atoms with Crippen molar-refractivity contribution in [3.63, 3.8) is 0 Å². The Morgan fingerprint density at radius 1 is 1.67 bits per heavy atom. The standard InChI is InChI=1S/C8H11ClN2S/c1-2-5-12-11-7-3-4-10-8(9)6-7/h3-4,6H,2,5H2,1H3,(H,10,11). The van der Waals surface area contributed by atoms with E-state index in [0.29, 0.717) is 5.15 Å². The number of aromatic nitrogens is 1. The third kappa shape index (κ3) is 3.32. The number of nitrogens with zero attached hydrogens (tertiary/aromatic N) is 1. The van der Waals surface area contributed by atoms with Crippen molar-refractivity contribution in [3.8, 4) is 0 Å². The zero-order chi connectivity index (χ0) is 8.81. The van der Waals surface area contributed by atoms with Gasteiger partial charge in [0.25, 0.3) is 0 Å². The summed E-state index contributed by atoms with van der Waals surface area (Å²) in [5, 5.41) is 0.525. The zero-order valence-electron chi connectivity index (χ0n) is 6.88. The van der Waals surface area contributed by atoms with Gasteiger partial charge in [-0.3, -0.25) is 0 Å². The van der Waals surface area contributed by atoms with E-state index >= 15 is 0 Å². The molecular formula is C8H11ClN2S. The van der Waals surface area contributed by atoms with E-state index in [2.05, 4.69) is 16.6 Å². The SMILES string of the molecule is CCCSNc1ccnc(Cl)c1. The second-order valence-electron chi connectivity index (χ2n) is 2.32. The molecule has 0 amide bonds. The number of rotatable bonds is 4. The van der Waals surface area contributed by atoms with Gasteiger partial charge in [-0.2, -0.15) is 0 Å². The molecule has 1 heterocycles. The molecule has 66 valence electrons. The van der Waals surface area contributed by atoms with E-state index in [-0.39, 0.29) is 0 Å². The number of hydrogen-bond donors (Lipinski definition) is 1. The van der Waals surface area contributed by atoms with Crippen LogP contribution in [0.2, 0.25) is 5.15 Å². The third-order valence-electron chi connectivity index (χ3n) is 1.22. The molecule has 0 spiro atoms. The van der Waals surface area contributed by atoms with Crippen molar-refractivity contribution in [2.45, 2.75) is 13.3 Å². The molecule has 0 radical (unpaired) electrons. The van der Waals surface area contributed by atoms with Crippen molar-refractivity contribution >= 4 is 29.2 Å². The molecule has 12 heavy (non-hydrogen) atoms. The van der Waals surface area contributed by atoms with Crippen molar-refractivity contribution in [2.24, 2.45) is 0 Å². The lowest BCUT2D eigenvalue weighted by Gasteiger charge is -2.03. The normalized spacial score (nSPS) is 9.83. The molecule has 0 atom stereocenters. The first-order valence-electron chi connectivity index (χ1n) is 3.82. The van der Waals surface area contributed by atoms with Crippen LogP contribution in [0.4, 0.5) is 5.69 Å². The molecule has 0 aliphatic carbocycles. The third-order valence-corrected chi connectivity index (χ3v) is 2.42. The van der Waals surface area contributed by atoms with Crippen LogP contribution in [-0.2, 0) is 0 Å². The molecule has 0 saturated carbocycles. The van der Waals surface area contributed by atoms with E-state index in [1.165, 1.54) is 0 Å². The summed E-state index contributed by atoms with van der Waals surface area (Å²) in [5.41, 5.74) is 1.01. The molecule has 0 aliphatic rings. The fourth-order valence-electron chi connectivity index (χ4n) is 0.702. The fourth-order valence-corrected chi connectivity index (χ4v) is 1.48. The lowest BCUT2D eigenvalue weighted by molar-refractivity contribution is 1.11. The Morgan fingerprint density at radius 3 is 3.17 bits per heavy atom. The van der Waals surface area contributed by atoms with Gasteiger partial charge >= 0.3 is 0 Å². The number of hydrogen-bond acceptors (Lipinski definition) is 3. The average Bonchev–Trinajstić information content (AvgIpc) is 2.05. The minimum Gasteiger partial charge on any atom is -0.330 e. The van der Waals surface area contributed by atoms with Gasteiger partial charge in [-0.15, -0.1) is 0 Å². The van der Waals surface area contributed by atoms with E-state index in [1.807, 2.05) is 12.1 Å². The smallest absolute Gasteiger partial charge is 0.131 e. The predicted octanol–water partition coefficient (Wildman–Crippen LogP) is 3.21. The monoisotopic (exact) mass is 202 g/mol. The molecule has 0 aliphatic heterocycles. The van der Waals surface area contributed by atoms with Crippen LogP contribution in [0.5, 0.6) is 0 Å². The molecule has 1 N–H and O–H groups in total. The molecule has 0 bridgehead atoms. The van der Waals surface area contributed by atoms with Crippen molar-refractivity contribution in [1.29, 1.82) is 0 Å². The van der Waals surface area contributed by atoms with Crippen molar-refractivity contribution in [3.05, 3.63) is 23.5 Å². The topological polar surface area (TPSA) is 24.9 Å². The van der Waals surface area contributed by atoms with Crippen LogP contribution in [0.3, 0.4) is 0 Å². The summed E-state index contributed by atoms with van der Waals surface area (Å²) < 4.78 is 3.18. The Balaban J connectivity index is 2.41. The number of nitrogens with one attached hydrogen (secondary N) is 1. The zero-order valence-corrected chi connectivity index (χ0v) is 8.45. The van der Waals surface area contributed by atoms with Gasteiger partial charge in [0, 0.05) is 17.6 Å². The molecule has 0 unspecified atom stereocenters. The second-order valence-corrected chi connectivity index (χ2v) is 3.61. The molecule has 1 aromatic heterocycles. The fraction of sp³-hybridized carbons (Fsp3) is 0.375. The summed E-state index contributed by atoms with van der Waals surface area (Å²) in [6.07, 6.45) is 2.85. The minimum absolute atomic E-state index is 0.525. The molecule has 0 saturated heterocycles. The molecule has 4 heteroatoms. The van der Waals surface area contributed by atoms with Crippen molar-refractivity contribution in [2.75, 3.05) is 10.5 Å². The van der Waals surface area contributed by atoms with Crippen LogP contribution >= 0.6 is 23.5 Å². The van der Waals surface area contributed by atoms with Gasteiger partial charge in [-0.1, -0.05) is 30.5 Å². The number of anilines is 1. The lowest BCUT2D eigenvalue weighted by Crippen LogP contribution is -1.88. The highest BCUT2D eigenvalue weighted by Gasteiger charge is 1.92. The average molecular weight is 203 g/mol. The highest BCUT2D eigenvalue weighted by atomic mass is 35.5. The molecule has 2 nitrogen and oxygen atoms in total. The first-order chi connectivity index (χ1) is 5.83. The van der Waals surface area contributed by atoms with E-state index in [1.54, 1.807) is 18.1 Å². The van der Waals surface area contributed by atoms with Crippen LogP contribution in [0.15, 0.2) is 18.3 Å². The van der Waals surface area contributed by atoms with Crippen LogP contribution in [-0.4, -0.2) is 10.7 Å². The van der Waals surface area contributed by atoms with E-state index in [9.17, 15) is 0 Å². The van der Waals surface area contributed by atoms with Gasteiger partial charge in [0.2, 0.25) is 0 Å². The van der Waals surface area contributed by atoms with Crippen LogP contribution in [0, 0.1) is 0 Å².